The third-order valence-electron chi connectivity index (χ3n) is 5.94. The van der Waals surface area contributed by atoms with Gasteiger partial charge in [-0.3, -0.25) is 14.8 Å². The number of hydrogen-bond acceptors (Lipinski definition) is 8. The number of carbonyl (C=O) groups excluding carboxylic acids is 1. The van der Waals surface area contributed by atoms with E-state index in [1.54, 1.807) is 44.3 Å². The quantitative estimate of drug-likeness (QED) is 0.416. The molecule has 1 amide bonds. The molecule has 35 heavy (non-hydrogen) atoms. The fourth-order valence-corrected chi connectivity index (χ4v) is 4.18. The number of hydrogen-bond donors (Lipinski definition) is 0. The lowest BCUT2D eigenvalue weighted by Crippen LogP contribution is -2.39. The molecular weight excluding hydrogens is 444 g/mol. The highest BCUT2D eigenvalue weighted by Gasteiger charge is 2.29. The Hall–Kier alpha value is -4.40. The Morgan fingerprint density at radius 1 is 0.943 bits per heavy atom. The number of pyridine rings is 1. The molecule has 1 fully saturated rings. The summed E-state index contributed by atoms with van der Waals surface area (Å²) in [6, 6.07) is 9.14. The molecule has 0 N–H and O–H groups in total. The molecule has 9 nitrogen and oxygen atoms in total. The molecule has 1 aliphatic rings. The Morgan fingerprint density at radius 2 is 1.69 bits per heavy atom. The number of benzene rings is 1. The smallest absolute Gasteiger partial charge is 0.255 e. The van der Waals surface area contributed by atoms with E-state index in [0.717, 1.165) is 35.4 Å². The number of methoxy groups -OCH3 is 1. The SMILES string of the molecule is COc1ccc(Oc2nccnc2C2CCCN(C(=O)c3cncc(-c4cncnc4)c3)C2)cc1. The minimum atomic E-state index is -0.0672. The van der Waals surface area contributed by atoms with Crippen LogP contribution in [0.1, 0.15) is 34.8 Å². The summed E-state index contributed by atoms with van der Waals surface area (Å²) < 4.78 is 11.3. The highest BCUT2D eigenvalue weighted by atomic mass is 16.5. The van der Waals surface area contributed by atoms with Gasteiger partial charge in [-0.1, -0.05) is 0 Å². The Balaban J connectivity index is 1.34. The van der Waals surface area contributed by atoms with Gasteiger partial charge in [-0.05, 0) is 43.2 Å². The number of carbonyl (C=O) groups is 1. The summed E-state index contributed by atoms with van der Waals surface area (Å²) >= 11 is 0. The molecule has 0 aliphatic carbocycles. The molecule has 1 atom stereocenters. The average Bonchev–Trinajstić information content (AvgIpc) is 2.94. The maximum Gasteiger partial charge on any atom is 0.255 e. The van der Waals surface area contributed by atoms with Crippen LogP contribution in [-0.4, -0.2) is 55.9 Å². The Labute approximate surface area is 202 Å². The molecule has 176 valence electrons. The lowest BCUT2D eigenvalue weighted by Gasteiger charge is -2.32. The molecule has 4 aromatic rings. The van der Waals surface area contributed by atoms with Crippen molar-refractivity contribution in [3.8, 4) is 28.5 Å². The van der Waals surface area contributed by atoms with Gasteiger partial charge in [-0.25, -0.2) is 15.0 Å². The second-order valence-corrected chi connectivity index (χ2v) is 8.20. The molecule has 1 aromatic carbocycles. The molecule has 0 radical (unpaired) electrons. The van der Waals surface area contributed by atoms with Crippen LogP contribution in [0.4, 0.5) is 0 Å². The highest BCUT2D eigenvalue weighted by molar-refractivity contribution is 5.95. The predicted molar refractivity (Wildman–Crippen MR) is 128 cm³/mol. The lowest BCUT2D eigenvalue weighted by molar-refractivity contribution is 0.0704. The van der Waals surface area contributed by atoms with Gasteiger partial charge in [0.25, 0.3) is 5.91 Å². The van der Waals surface area contributed by atoms with Crippen molar-refractivity contribution < 1.29 is 14.3 Å². The fraction of sp³-hybridized carbons (Fsp3) is 0.231. The van der Waals surface area contributed by atoms with E-state index in [1.807, 2.05) is 35.2 Å². The van der Waals surface area contributed by atoms with Crippen molar-refractivity contribution in [2.75, 3.05) is 20.2 Å². The number of piperidine rings is 1. The van der Waals surface area contributed by atoms with Crippen molar-refractivity contribution in [2.24, 2.45) is 0 Å². The van der Waals surface area contributed by atoms with Gasteiger partial charge in [-0.2, -0.15) is 0 Å². The molecule has 5 rings (SSSR count). The average molecular weight is 469 g/mol. The summed E-state index contributed by atoms with van der Waals surface area (Å²) in [5.74, 6) is 1.78. The van der Waals surface area contributed by atoms with Crippen molar-refractivity contribution in [3.63, 3.8) is 0 Å². The van der Waals surface area contributed by atoms with Crippen molar-refractivity contribution in [1.82, 2.24) is 29.8 Å². The second-order valence-electron chi connectivity index (χ2n) is 8.20. The van der Waals surface area contributed by atoms with Crippen LogP contribution >= 0.6 is 0 Å². The van der Waals surface area contributed by atoms with Gasteiger partial charge >= 0.3 is 0 Å². The molecule has 0 spiro atoms. The topological polar surface area (TPSA) is 103 Å². The van der Waals surface area contributed by atoms with Gasteiger partial charge in [0.1, 0.15) is 23.5 Å². The van der Waals surface area contributed by atoms with Crippen LogP contribution in [0.5, 0.6) is 17.4 Å². The Bertz CT molecular complexity index is 1300. The maximum atomic E-state index is 13.4. The first-order valence-corrected chi connectivity index (χ1v) is 11.3. The highest BCUT2D eigenvalue weighted by Crippen LogP contribution is 2.33. The van der Waals surface area contributed by atoms with Crippen LogP contribution in [0.15, 0.2) is 73.8 Å². The van der Waals surface area contributed by atoms with E-state index >= 15 is 0 Å². The number of rotatable bonds is 6. The van der Waals surface area contributed by atoms with E-state index < -0.39 is 0 Å². The third kappa shape index (κ3) is 5.08. The standard InChI is InChI=1S/C26H24N6O3/c1-34-22-4-6-23(7-5-22)35-25-24(30-8-9-31-25)18-3-2-10-32(16-18)26(33)20-11-19(12-27-13-20)21-14-28-17-29-15-21/h4-9,11-15,17-18H,2-3,10,16H2,1H3. The van der Waals surface area contributed by atoms with Gasteiger partial charge in [0.2, 0.25) is 5.88 Å². The van der Waals surface area contributed by atoms with Gasteiger partial charge in [0, 0.05) is 67.3 Å². The molecule has 0 bridgehead atoms. The summed E-state index contributed by atoms with van der Waals surface area (Å²) in [5.41, 5.74) is 2.88. The Morgan fingerprint density at radius 3 is 2.49 bits per heavy atom. The molecule has 4 heterocycles. The van der Waals surface area contributed by atoms with Crippen molar-refractivity contribution in [2.45, 2.75) is 18.8 Å². The van der Waals surface area contributed by atoms with E-state index in [0.29, 0.717) is 30.3 Å². The van der Waals surface area contributed by atoms with Gasteiger partial charge in [0.05, 0.1) is 12.7 Å². The molecular formula is C26H24N6O3. The van der Waals surface area contributed by atoms with Crippen molar-refractivity contribution in [3.05, 3.63) is 85.1 Å². The maximum absolute atomic E-state index is 13.4. The minimum Gasteiger partial charge on any atom is -0.497 e. The van der Waals surface area contributed by atoms with Crippen LogP contribution in [-0.2, 0) is 0 Å². The number of likely N-dealkylation sites (tertiary alicyclic amines) is 1. The zero-order chi connectivity index (χ0) is 24.0. The van der Waals surface area contributed by atoms with Gasteiger partial charge in [-0.15, -0.1) is 0 Å². The normalized spacial score (nSPS) is 15.5. The second kappa shape index (κ2) is 10.3. The van der Waals surface area contributed by atoms with Gasteiger partial charge < -0.3 is 14.4 Å². The molecule has 0 saturated carbocycles. The first-order chi connectivity index (χ1) is 17.2. The number of amides is 1. The predicted octanol–water partition coefficient (Wildman–Crippen LogP) is 4.15. The summed E-state index contributed by atoms with van der Waals surface area (Å²) in [7, 11) is 1.62. The summed E-state index contributed by atoms with van der Waals surface area (Å²) in [5, 5.41) is 0. The number of ether oxygens (including phenoxy) is 2. The van der Waals surface area contributed by atoms with E-state index in [9.17, 15) is 4.79 Å². The first kappa shape index (κ1) is 22.4. The van der Waals surface area contributed by atoms with Crippen LogP contribution in [0.3, 0.4) is 0 Å². The lowest BCUT2D eigenvalue weighted by atomic mass is 9.94. The van der Waals surface area contributed by atoms with Crippen molar-refractivity contribution in [1.29, 1.82) is 0 Å². The minimum absolute atomic E-state index is 0.00770. The molecule has 1 saturated heterocycles. The fourth-order valence-electron chi connectivity index (χ4n) is 4.18. The zero-order valence-corrected chi connectivity index (χ0v) is 19.2. The monoisotopic (exact) mass is 468 g/mol. The van der Waals surface area contributed by atoms with E-state index in [4.69, 9.17) is 9.47 Å². The molecule has 1 aliphatic heterocycles. The first-order valence-electron chi connectivity index (χ1n) is 11.3. The van der Waals surface area contributed by atoms with E-state index in [2.05, 4.69) is 24.9 Å². The Kier molecular flexibility index (Phi) is 6.56. The zero-order valence-electron chi connectivity index (χ0n) is 19.2. The van der Waals surface area contributed by atoms with E-state index in [1.165, 1.54) is 6.33 Å². The van der Waals surface area contributed by atoms with Crippen LogP contribution in [0.2, 0.25) is 0 Å². The number of nitrogens with zero attached hydrogens (tertiary/aromatic N) is 6. The number of aromatic nitrogens is 5. The van der Waals surface area contributed by atoms with Crippen LogP contribution in [0, 0.1) is 0 Å². The van der Waals surface area contributed by atoms with E-state index in [-0.39, 0.29) is 11.8 Å². The molecule has 9 heteroatoms. The summed E-state index contributed by atoms with van der Waals surface area (Å²) in [4.78, 5) is 36.6. The molecule has 3 aromatic heterocycles. The largest absolute Gasteiger partial charge is 0.497 e. The summed E-state index contributed by atoms with van der Waals surface area (Å²) in [6.45, 7) is 1.19. The van der Waals surface area contributed by atoms with Crippen LogP contribution < -0.4 is 9.47 Å². The summed E-state index contributed by atoms with van der Waals surface area (Å²) in [6.07, 6.45) is 13.2. The van der Waals surface area contributed by atoms with Crippen LogP contribution in [0.25, 0.3) is 11.1 Å². The van der Waals surface area contributed by atoms with Crippen molar-refractivity contribution >= 4 is 5.91 Å². The third-order valence-corrected chi connectivity index (χ3v) is 5.94. The molecule has 1 unspecified atom stereocenters. The van der Waals surface area contributed by atoms with Gasteiger partial charge in [0.15, 0.2) is 0 Å².